The minimum atomic E-state index is -0.286. The monoisotopic (exact) mass is 234 g/mol. The van der Waals surface area contributed by atoms with Crippen molar-refractivity contribution in [1.29, 1.82) is 0 Å². The number of hydrogen-bond acceptors (Lipinski definition) is 3. The van der Waals surface area contributed by atoms with Crippen LogP contribution in [0.15, 0.2) is 24.3 Å². The zero-order chi connectivity index (χ0) is 12.3. The first-order valence-electron chi connectivity index (χ1n) is 5.88. The first kappa shape index (κ1) is 11.9. The molecule has 1 amide bonds. The van der Waals surface area contributed by atoms with E-state index in [1.54, 1.807) is 7.11 Å². The number of nitrogens with zero attached hydrogens (tertiary/aromatic N) is 1. The van der Waals surface area contributed by atoms with Gasteiger partial charge >= 0.3 is 0 Å². The molecule has 2 rings (SSSR count). The molecule has 1 aromatic carbocycles. The van der Waals surface area contributed by atoms with Gasteiger partial charge in [-0.05, 0) is 30.5 Å². The molecular formula is C13H18N2O2. The quantitative estimate of drug-likeness (QED) is 0.838. The molecule has 0 bridgehead atoms. The maximum absolute atomic E-state index is 11.6. The van der Waals surface area contributed by atoms with E-state index in [1.807, 2.05) is 29.2 Å². The molecule has 4 heteroatoms. The van der Waals surface area contributed by atoms with Crippen molar-refractivity contribution in [2.45, 2.75) is 18.9 Å². The summed E-state index contributed by atoms with van der Waals surface area (Å²) in [5, 5.41) is 0. The van der Waals surface area contributed by atoms with Crippen molar-refractivity contribution in [3.05, 3.63) is 29.8 Å². The fourth-order valence-corrected chi connectivity index (χ4v) is 2.04. The fourth-order valence-electron chi connectivity index (χ4n) is 2.04. The van der Waals surface area contributed by atoms with Crippen LogP contribution in [0.25, 0.3) is 0 Å². The van der Waals surface area contributed by atoms with Crippen molar-refractivity contribution in [2.75, 3.05) is 20.2 Å². The van der Waals surface area contributed by atoms with Crippen molar-refractivity contribution >= 4 is 5.91 Å². The number of nitrogens with two attached hydrogens (primary N) is 1. The average Bonchev–Trinajstić information content (AvgIpc) is 2.68. The zero-order valence-electron chi connectivity index (χ0n) is 10.1. The minimum absolute atomic E-state index is 0.0820. The van der Waals surface area contributed by atoms with Crippen molar-refractivity contribution < 1.29 is 9.53 Å². The van der Waals surface area contributed by atoms with Gasteiger partial charge in [0.1, 0.15) is 5.75 Å². The first-order valence-corrected chi connectivity index (χ1v) is 5.88. The fraction of sp³-hybridized carbons (Fsp3) is 0.462. The lowest BCUT2D eigenvalue weighted by Crippen LogP contribution is -2.35. The van der Waals surface area contributed by atoms with E-state index in [0.717, 1.165) is 31.7 Å². The van der Waals surface area contributed by atoms with Crippen LogP contribution in [0.1, 0.15) is 12.0 Å². The van der Waals surface area contributed by atoms with E-state index in [0.29, 0.717) is 0 Å². The third kappa shape index (κ3) is 2.77. The smallest absolute Gasteiger partial charge is 0.239 e. The second kappa shape index (κ2) is 5.19. The first-order chi connectivity index (χ1) is 8.20. The molecule has 1 aromatic rings. The van der Waals surface area contributed by atoms with Crippen molar-refractivity contribution in [2.24, 2.45) is 5.73 Å². The normalized spacial score (nSPS) is 19.8. The number of likely N-dealkylation sites (tertiary alicyclic amines) is 1. The van der Waals surface area contributed by atoms with E-state index in [1.165, 1.54) is 5.56 Å². The van der Waals surface area contributed by atoms with E-state index >= 15 is 0 Å². The largest absolute Gasteiger partial charge is 0.497 e. The Labute approximate surface area is 101 Å². The topological polar surface area (TPSA) is 55.6 Å². The van der Waals surface area contributed by atoms with E-state index < -0.39 is 0 Å². The number of hydrogen-bond donors (Lipinski definition) is 1. The van der Waals surface area contributed by atoms with E-state index in [4.69, 9.17) is 10.5 Å². The van der Waals surface area contributed by atoms with Crippen molar-refractivity contribution in [3.8, 4) is 5.75 Å². The Morgan fingerprint density at radius 1 is 1.41 bits per heavy atom. The number of carbonyl (C=O) groups is 1. The summed E-state index contributed by atoms with van der Waals surface area (Å²) in [5.41, 5.74) is 6.88. The molecule has 0 spiro atoms. The van der Waals surface area contributed by atoms with E-state index in [2.05, 4.69) is 0 Å². The van der Waals surface area contributed by atoms with Crippen LogP contribution in [0.2, 0.25) is 0 Å². The second-order valence-electron chi connectivity index (χ2n) is 4.32. The second-order valence-corrected chi connectivity index (χ2v) is 4.32. The average molecular weight is 234 g/mol. The van der Waals surface area contributed by atoms with Gasteiger partial charge in [0.25, 0.3) is 0 Å². The lowest BCUT2D eigenvalue weighted by Gasteiger charge is -2.15. The highest BCUT2D eigenvalue weighted by molar-refractivity contribution is 5.83. The molecular weight excluding hydrogens is 216 g/mol. The van der Waals surface area contributed by atoms with Gasteiger partial charge in [0, 0.05) is 13.1 Å². The highest BCUT2D eigenvalue weighted by atomic mass is 16.5. The lowest BCUT2D eigenvalue weighted by atomic mass is 10.1. The SMILES string of the molecule is COc1ccc(CCN2CCC(N)C2=O)cc1. The van der Waals surface area contributed by atoms with Crippen LogP contribution in [-0.2, 0) is 11.2 Å². The predicted molar refractivity (Wildman–Crippen MR) is 65.9 cm³/mol. The predicted octanol–water partition coefficient (Wildman–Crippen LogP) is 0.797. The molecule has 1 aliphatic rings. The van der Waals surface area contributed by atoms with Gasteiger partial charge in [-0.25, -0.2) is 0 Å². The van der Waals surface area contributed by atoms with Crippen LogP contribution in [0.4, 0.5) is 0 Å². The number of rotatable bonds is 4. The van der Waals surface area contributed by atoms with Crippen LogP contribution in [0.3, 0.4) is 0 Å². The zero-order valence-corrected chi connectivity index (χ0v) is 10.1. The van der Waals surface area contributed by atoms with Crippen LogP contribution in [0.5, 0.6) is 5.75 Å². The molecule has 1 fully saturated rings. The van der Waals surface area contributed by atoms with Crippen molar-refractivity contribution in [3.63, 3.8) is 0 Å². The number of methoxy groups -OCH3 is 1. The highest BCUT2D eigenvalue weighted by Crippen LogP contribution is 2.14. The van der Waals surface area contributed by atoms with Gasteiger partial charge in [-0.3, -0.25) is 4.79 Å². The summed E-state index contributed by atoms with van der Waals surface area (Å²) >= 11 is 0. The van der Waals surface area contributed by atoms with Gasteiger partial charge in [0.2, 0.25) is 5.91 Å². The Bertz CT molecular complexity index is 389. The molecule has 1 heterocycles. The summed E-state index contributed by atoms with van der Waals surface area (Å²) in [6.07, 6.45) is 1.64. The third-order valence-corrected chi connectivity index (χ3v) is 3.17. The summed E-state index contributed by atoms with van der Waals surface area (Å²) in [4.78, 5) is 13.5. The van der Waals surface area contributed by atoms with Crippen LogP contribution >= 0.6 is 0 Å². The molecule has 0 saturated carbocycles. The Kier molecular flexibility index (Phi) is 3.64. The van der Waals surface area contributed by atoms with E-state index in [-0.39, 0.29) is 11.9 Å². The Hall–Kier alpha value is -1.55. The Balaban J connectivity index is 1.87. The molecule has 92 valence electrons. The van der Waals surface area contributed by atoms with Gasteiger partial charge in [0.15, 0.2) is 0 Å². The molecule has 0 aromatic heterocycles. The molecule has 4 nitrogen and oxygen atoms in total. The molecule has 1 atom stereocenters. The molecule has 17 heavy (non-hydrogen) atoms. The minimum Gasteiger partial charge on any atom is -0.497 e. The number of benzene rings is 1. The van der Waals surface area contributed by atoms with Gasteiger partial charge in [0.05, 0.1) is 13.2 Å². The standard InChI is InChI=1S/C13H18N2O2/c1-17-11-4-2-10(3-5-11)6-8-15-9-7-12(14)13(15)16/h2-5,12H,6-9,14H2,1H3. The van der Waals surface area contributed by atoms with Gasteiger partial charge in [-0.15, -0.1) is 0 Å². The number of carbonyl (C=O) groups excluding carboxylic acids is 1. The molecule has 1 unspecified atom stereocenters. The summed E-state index contributed by atoms with van der Waals surface area (Å²) in [6, 6.07) is 7.64. The summed E-state index contributed by atoms with van der Waals surface area (Å²) in [6.45, 7) is 1.54. The van der Waals surface area contributed by atoms with Crippen LogP contribution in [0, 0.1) is 0 Å². The molecule has 1 saturated heterocycles. The summed E-state index contributed by atoms with van der Waals surface area (Å²) in [7, 11) is 1.65. The molecule has 0 radical (unpaired) electrons. The molecule has 2 N–H and O–H groups in total. The Morgan fingerprint density at radius 3 is 2.65 bits per heavy atom. The number of amides is 1. The van der Waals surface area contributed by atoms with Crippen LogP contribution in [-0.4, -0.2) is 37.0 Å². The molecule has 0 aliphatic carbocycles. The highest BCUT2D eigenvalue weighted by Gasteiger charge is 2.27. The third-order valence-electron chi connectivity index (χ3n) is 3.17. The summed E-state index contributed by atoms with van der Waals surface area (Å²) in [5.74, 6) is 0.937. The molecule has 1 aliphatic heterocycles. The van der Waals surface area contributed by atoms with Crippen LogP contribution < -0.4 is 10.5 Å². The lowest BCUT2D eigenvalue weighted by molar-refractivity contribution is -0.128. The summed E-state index contributed by atoms with van der Waals surface area (Å²) < 4.78 is 5.10. The van der Waals surface area contributed by atoms with Gasteiger partial charge < -0.3 is 15.4 Å². The maximum atomic E-state index is 11.6. The van der Waals surface area contributed by atoms with Crippen molar-refractivity contribution in [1.82, 2.24) is 4.90 Å². The van der Waals surface area contributed by atoms with Gasteiger partial charge in [-0.1, -0.05) is 12.1 Å². The Morgan fingerprint density at radius 2 is 2.12 bits per heavy atom. The van der Waals surface area contributed by atoms with E-state index in [9.17, 15) is 4.79 Å². The number of ether oxygens (including phenoxy) is 1. The van der Waals surface area contributed by atoms with Gasteiger partial charge in [-0.2, -0.15) is 0 Å². The maximum Gasteiger partial charge on any atom is 0.239 e.